The highest BCUT2D eigenvalue weighted by molar-refractivity contribution is 6.07. The van der Waals surface area contributed by atoms with Gasteiger partial charge in [0.05, 0.1) is 35.9 Å². The quantitative estimate of drug-likeness (QED) is 0.476. The number of amides is 1. The summed E-state index contributed by atoms with van der Waals surface area (Å²) in [6.07, 6.45) is 6.56. The van der Waals surface area contributed by atoms with E-state index in [1.165, 1.54) is 13.2 Å². The zero-order chi connectivity index (χ0) is 24.1. The average Bonchev–Trinajstić information content (AvgIpc) is 3.35. The number of anilines is 2. The van der Waals surface area contributed by atoms with Crippen molar-refractivity contribution in [3.63, 3.8) is 0 Å². The zero-order valence-electron chi connectivity index (χ0n) is 19.7. The predicted octanol–water partition coefficient (Wildman–Crippen LogP) is 4.04. The summed E-state index contributed by atoms with van der Waals surface area (Å²) >= 11 is 0. The second-order valence-corrected chi connectivity index (χ2v) is 9.49. The van der Waals surface area contributed by atoms with Gasteiger partial charge in [0.15, 0.2) is 11.6 Å². The number of rotatable bonds is 7. The number of H-pyrrole nitrogens is 1. The Morgan fingerprint density at radius 3 is 3.00 bits per heavy atom. The van der Waals surface area contributed by atoms with Crippen molar-refractivity contribution in [2.24, 2.45) is 0 Å². The minimum atomic E-state index is -0.483. The predicted molar refractivity (Wildman–Crippen MR) is 130 cm³/mol. The summed E-state index contributed by atoms with van der Waals surface area (Å²) in [6, 6.07) is 7.06. The van der Waals surface area contributed by atoms with Gasteiger partial charge in [-0.05, 0) is 51.1 Å². The molecule has 1 amide bonds. The molecule has 0 spiro atoms. The number of benzene rings is 1. The SMILES string of the molecule is COc1c(F)cccc1Nc1c(-c2ccncc2OCC2CCCN2C)[nH]c2c1C(=O)NC1CC21. The number of aromatic nitrogens is 2. The molecule has 1 aliphatic carbocycles. The minimum Gasteiger partial charge on any atom is -0.492 e. The summed E-state index contributed by atoms with van der Waals surface area (Å²) in [6.45, 7) is 1.62. The van der Waals surface area contributed by atoms with E-state index in [1.807, 2.05) is 6.07 Å². The first kappa shape index (κ1) is 21.9. The standard InChI is InChI=1S/C26H28FN5O3/c1-32-10-4-5-14(32)13-35-20-12-28-9-8-15(20)23-24(29-18-7-3-6-17(27)25(18)34-2)21-22(31-23)16-11-19(16)30-26(21)33/h3,6-9,12,14,16,19,29,31H,4-5,10-11,13H2,1-2H3,(H,30,33). The third-order valence-electron chi connectivity index (χ3n) is 7.32. The van der Waals surface area contributed by atoms with Crippen LogP contribution in [0, 0.1) is 5.82 Å². The fourth-order valence-corrected chi connectivity index (χ4v) is 5.30. The number of nitrogens with zero attached hydrogens (tertiary/aromatic N) is 2. The van der Waals surface area contributed by atoms with Crippen LogP contribution >= 0.6 is 0 Å². The highest BCUT2D eigenvalue weighted by Crippen LogP contribution is 2.51. The van der Waals surface area contributed by atoms with E-state index in [2.05, 4.69) is 32.5 Å². The molecular formula is C26H28FN5O3. The summed E-state index contributed by atoms with van der Waals surface area (Å²) in [7, 11) is 3.54. The van der Waals surface area contributed by atoms with Crippen molar-refractivity contribution in [3.8, 4) is 22.8 Å². The van der Waals surface area contributed by atoms with Crippen LogP contribution in [0.25, 0.3) is 11.3 Å². The van der Waals surface area contributed by atoms with Crippen LogP contribution < -0.4 is 20.1 Å². The highest BCUT2D eigenvalue weighted by atomic mass is 19.1. The third kappa shape index (κ3) is 3.80. The molecule has 1 saturated carbocycles. The van der Waals surface area contributed by atoms with E-state index in [1.54, 1.807) is 24.5 Å². The number of likely N-dealkylation sites (N-methyl/N-ethyl adjacent to an activating group) is 1. The zero-order valence-corrected chi connectivity index (χ0v) is 19.7. The molecule has 8 nitrogen and oxygen atoms in total. The molecule has 3 aromatic rings. The number of ether oxygens (including phenoxy) is 2. The van der Waals surface area contributed by atoms with E-state index in [0.717, 1.165) is 37.1 Å². The van der Waals surface area contributed by atoms with Crippen LogP contribution in [0.1, 0.15) is 41.2 Å². The number of hydrogen-bond acceptors (Lipinski definition) is 6. The summed E-state index contributed by atoms with van der Waals surface area (Å²) in [5.41, 5.74) is 3.94. The molecule has 0 bridgehead atoms. The van der Waals surface area contributed by atoms with Gasteiger partial charge in [-0.1, -0.05) is 6.07 Å². The van der Waals surface area contributed by atoms with E-state index in [0.29, 0.717) is 41.0 Å². The van der Waals surface area contributed by atoms with Crippen molar-refractivity contribution in [3.05, 3.63) is 53.7 Å². The maximum absolute atomic E-state index is 14.4. The maximum Gasteiger partial charge on any atom is 0.255 e. The number of methoxy groups -OCH3 is 1. The number of fused-ring (bicyclic) bond motifs is 3. The van der Waals surface area contributed by atoms with E-state index < -0.39 is 5.82 Å². The number of halogens is 1. The molecule has 0 radical (unpaired) electrons. The van der Waals surface area contributed by atoms with Gasteiger partial charge in [-0.2, -0.15) is 0 Å². The molecule has 3 atom stereocenters. The van der Waals surface area contributed by atoms with Crippen LogP contribution in [0.4, 0.5) is 15.8 Å². The topological polar surface area (TPSA) is 91.5 Å². The van der Waals surface area contributed by atoms with Crippen molar-refractivity contribution in [2.45, 2.75) is 37.3 Å². The first-order valence-corrected chi connectivity index (χ1v) is 12.0. The molecule has 1 aromatic carbocycles. The van der Waals surface area contributed by atoms with Crippen LogP contribution in [0.2, 0.25) is 0 Å². The fraction of sp³-hybridized carbons (Fsp3) is 0.385. The molecule has 2 aromatic heterocycles. The Kier molecular flexibility index (Phi) is 5.36. The number of aromatic amines is 1. The third-order valence-corrected chi connectivity index (χ3v) is 7.32. The van der Waals surface area contributed by atoms with Gasteiger partial charge in [0.25, 0.3) is 5.91 Å². The number of para-hydroxylation sites is 1. The Morgan fingerprint density at radius 2 is 2.20 bits per heavy atom. The Hall–Kier alpha value is -3.59. The molecular weight excluding hydrogens is 449 g/mol. The molecule has 1 saturated heterocycles. The van der Waals surface area contributed by atoms with E-state index in [9.17, 15) is 9.18 Å². The van der Waals surface area contributed by atoms with Crippen molar-refractivity contribution in [1.29, 1.82) is 0 Å². The minimum absolute atomic E-state index is 0.0874. The largest absolute Gasteiger partial charge is 0.492 e. The van der Waals surface area contributed by atoms with E-state index in [4.69, 9.17) is 9.47 Å². The second-order valence-electron chi connectivity index (χ2n) is 9.49. The number of nitrogens with one attached hydrogen (secondary N) is 3. The van der Waals surface area contributed by atoms with Crippen molar-refractivity contribution >= 4 is 17.3 Å². The Morgan fingerprint density at radius 1 is 1.31 bits per heavy atom. The molecule has 4 heterocycles. The van der Waals surface area contributed by atoms with E-state index >= 15 is 0 Å². The van der Waals surface area contributed by atoms with Crippen LogP contribution in [0.3, 0.4) is 0 Å². The highest BCUT2D eigenvalue weighted by Gasteiger charge is 2.48. The molecule has 3 aliphatic rings. The number of carbonyl (C=O) groups excluding carboxylic acids is 1. The van der Waals surface area contributed by atoms with Crippen LogP contribution in [0.5, 0.6) is 11.5 Å². The van der Waals surface area contributed by atoms with Crippen LogP contribution in [-0.4, -0.2) is 60.2 Å². The average molecular weight is 478 g/mol. The summed E-state index contributed by atoms with van der Waals surface area (Å²) in [5.74, 6) is 0.328. The smallest absolute Gasteiger partial charge is 0.255 e. The number of hydrogen-bond donors (Lipinski definition) is 3. The summed E-state index contributed by atoms with van der Waals surface area (Å²) < 4.78 is 26.0. The molecule has 3 unspecified atom stereocenters. The summed E-state index contributed by atoms with van der Waals surface area (Å²) in [5, 5.41) is 6.37. The maximum atomic E-state index is 14.4. The normalized spacial score (nSPS) is 22.8. The van der Waals surface area contributed by atoms with Crippen molar-refractivity contribution in [1.82, 2.24) is 20.2 Å². The molecule has 6 rings (SSSR count). The monoisotopic (exact) mass is 477 g/mol. The van der Waals surface area contributed by atoms with Gasteiger partial charge in [0, 0.05) is 35.5 Å². The number of likely N-dealkylation sites (tertiary alicyclic amines) is 1. The molecule has 9 heteroatoms. The molecule has 2 fully saturated rings. The first-order chi connectivity index (χ1) is 17.0. The van der Waals surface area contributed by atoms with Gasteiger partial charge in [-0.15, -0.1) is 0 Å². The van der Waals surface area contributed by atoms with Crippen LogP contribution in [0.15, 0.2) is 36.7 Å². The van der Waals surface area contributed by atoms with Crippen LogP contribution in [-0.2, 0) is 0 Å². The number of pyridine rings is 1. The lowest BCUT2D eigenvalue weighted by Crippen LogP contribution is -2.31. The molecule has 35 heavy (non-hydrogen) atoms. The molecule has 3 N–H and O–H groups in total. The van der Waals surface area contributed by atoms with Gasteiger partial charge in [-0.25, -0.2) is 4.39 Å². The number of carbonyl (C=O) groups is 1. The lowest BCUT2D eigenvalue weighted by molar-refractivity contribution is 0.0944. The fourth-order valence-electron chi connectivity index (χ4n) is 5.30. The first-order valence-electron chi connectivity index (χ1n) is 12.0. The Labute approximate surface area is 202 Å². The molecule has 2 aliphatic heterocycles. The second kappa shape index (κ2) is 8.57. The van der Waals surface area contributed by atoms with Crippen molar-refractivity contribution < 1.29 is 18.7 Å². The van der Waals surface area contributed by atoms with Gasteiger partial charge in [0.2, 0.25) is 0 Å². The lowest BCUT2D eigenvalue weighted by atomic mass is 10.0. The van der Waals surface area contributed by atoms with Crippen molar-refractivity contribution in [2.75, 3.05) is 32.6 Å². The van der Waals surface area contributed by atoms with Gasteiger partial charge in [-0.3, -0.25) is 9.78 Å². The lowest BCUT2D eigenvalue weighted by Gasteiger charge is -2.21. The Bertz CT molecular complexity index is 1290. The van der Waals surface area contributed by atoms with Gasteiger partial charge < -0.3 is 30.0 Å². The van der Waals surface area contributed by atoms with Gasteiger partial charge in [0.1, 0.15) is 12.4 Å². The van der Waals surface area contributed by atoms with Gasteiger partial charge >= 0.3 is 0 Å². The Balaban J connectivity index is 1.43. The summed E-state index contributed by atoms with van der Waals surface area (Å²) in [4.78, 5) is 23.2. The molecule has 182 valence electrons. The van der Waals surface area contributed by atoms with E-state index in [-0.39, 0.29) is 23.6 Å².